The molecule has 1 N–H and O–H groups in total. The lowest BCUT2D eigenvalue weighted by atomic mass is 10.1. The first-order valence-electron chi connectivity index (χ1n) is 9.50. The molecule has 1 aliphatic rings. The lowest BCUT2D eigenvalue weighted by molar-refractivity contribution is -0.134. The Labute approximate surface area is 171 Å². The summed E-state index contributed by atoms with van der Waals surface area (Å²) in [7, 11) is 0. The number of aryl methyl sites for hydroxylation is 2. The largest absolute Gasteiger partial charge is 0.368 e. The van der Waals surface area contributed by atoms with E-state index in [-0.39, 0.29) is 18.2 Å². The van der Waals surface area contributed by atoms with Gasteiger partial charge in [0.1, 0.15) is 6.42 Å². The van der Waals surface area contributed by atoms with Crippen LogP contribution < -0.4 is 10.2 Å². The number of benzene rings is 2. The molecule has 6 heteroatoms. The lowest BCUT2D eigenvalue weighted by Gasteiger charge is -2.37. The van der Waals surface area contributed by atoms with Crippen LogP contribution in [0.5, 0.6) is 0 Å². The fourth-order valence-electron chi connectivity index (χ4n) is 3.49. The van der Waals surface area contributed by atoms with E-state index in [1.807, 2.05) is 6.92 Å². The number of anilines is 2. The van der Waals surface area contributed by atoms with E-state index in [0.29, 0.717) is 23.8 Å². The quantitative estimate of drug-likeness (QED) is 0.792. The average Bonchev–Trinajstić information content (AvgIpc) is 2.66. The predicted molar refractivity (Wildman–Crippen MR) is 114 cm³/mol. The Morgan fingerprint density at radius 1 is 1.00 bits per heavy atom. The molecule has 1 fully saturated rings. The van der Waals surface area contributed by atoms with Crippen molar-refractivity contribution in [3.63, 3.8) is 0 Å². The normalized spacial score (nSPS) is 14.1. The molecule has 0 aromatic heterocycles. The van der Waals surface area contributed by atoms with Crippen LogP contribution in [0.25, 0.3) is 0 Å². The number of halogens is 1. The molecule has 0 atom stereocenters. The van der Waals surface area contributed by atoms with Crippen LogP contribution in [0.15, 0.2) is 36.4 Å². The maximum Gasteiger partial charge on any atom is 0.233 e. The Hall–Kier alpha value is -2.53. The van der Waals surface area contributed by atoms with E-state index in [0.717, 1.165) is 18.7 Å². The van der Waals surface area contributed by atoms with Crippen molar-refractivity contribution in [3.8, 4) is 0 Å². The molecule has 0 saturated carbocycles. The van der Waals surface area contributed by atoms with Gasteiger partial charge >= 0.3 is 0 Å². The molecule has 0 spiro atoms. The first-order chi connectivity index (χ1) is 13.3. The molecular weight excluding hydrogens is 374 g/mol. The molecule has 2 aromatic rings. The second-order valence-corrected chi connectivity index (χ2v) is 7.71. The highest BCUT2D eigenvalue weighted by molar-refractivity contribution is 6.30. The molecular formula is C22H26ClN3O2. The zero-order chi connectivity index (χ0) is 20.3. The number of nitrogens with one attached hydrogen (secondary N) is 1. The Bertz CT molecular complexity index is 889. The van der Waals surface area contributed by atoms with E-state index in [4.69, 9.17) is 11.6 Å². The van der Waals surface area contributed by atoms with Gasteiger partial charge in [-0.3, -0.25) is 9.59 Å². The van der Waals surface area contributed by atoms with Gasteiger partial charge in [0.2, 0.25) is 11.8 Å². The zero-order valence-electron chi connectivity index (χ0n) is 16.6. The minimum atomic E-state index is -0.299. The number of hydrogen-bond acceptors (Lipinski definition) is 3. The van der Waals surface area contributed by atoms with Crippen molar-refractivity contribution < 1.29 is 9.59 Å². The second-order valence-electron chi connectivity index (χ2n) is 7.27. The SMILES string of the molecule is Cc1cc(Cl)ccc1NC(=O)CC(=O)N1CCN(c2cccc(C)c2C)CC1. The third-order valence-corrected chi connectivity index (χ3v) is 5.56. The molecule has 5 nitrogen and oxygen atoms in total. The van der Waals surface area contributed by atoms with Gasteiger partial charge in [0.15, 0.2) is 0 Å². The molecule has 0 radical (unpaired) electrons. The number of hydrogen-bond donors (Lipinski definition) is 1. The van der Waals surface area contributed by atoms with Crippen LogP contribution >= 0.6 is 11.6 Å². The van der Waals surface area contributed by atoms with E-state index in [1.54, 1.807) is 23.1 Å². The summed E-state index contributed by atoms with van der Waals surface area (Å²) in [5.74, 6) is -0.433. The van der Waals surface area contributed by atoms with Gasteiger partial charge < -0.3 is 15.1 Å². The summed E-state index contributed by atoms with van der Waals surface area (Å²) >= 11 is 5.94. The van der Waals surface area contributed by atoms with Crippen LogP contribution in [0, 0.1) is 20.8 Å². The van der Waals surface area contributed by atoms with E-state index < -0.39 is 0 Å². The molecule has 0 unspecified atom stereocenters. The highest BCUT2D eigenvalue weighted by Crippen LogP contribution is 2.24. The van der Waals surface area contributed by atoms with Crippen molar-refractivity contribution in [1.82, 2.24) is 4.90 Å². The smallest absolute Gasteiger partial charge is 0.233 e. The highest BCUT2D eigenvalue weighted by Gasteiger charge is 2.24. The van der Waals surface area contributed by atoms with Crippen molar-refractivity contribution in [2.75, 3.05) is 36.4 Å². The monoisotopic (exact) mass is 399 g/mol. The van der Waals surface area contributed by atoms with Crippen molar-refractivity contribution >= 4 is 34.8 Å². The minimum Gasteiger partial charge on any atom is -0.368 e. The van der Waals surface area contributed by atoms with Crippen molar-refractivity contribution in [1.29, 1.82) is 0 Å². The number of carbonyl (C=O) groups is 2. The summed E-state index contributed by atoms with van der Waals surface area (Å²) in [6.07, 6.45) is -0.147. The number of carbonyl (C=O) groups excluding carboxylic acids is 2. The Kier molecular flexibility index (Phi) is 6.25. The number of rotatable bonds is 4. The molecule has 28 heavy (non-hydrogen) atoms. The standard InChI is InChI=1S/C22H26ClN3O2/c1-15-5-4-6-20(17(15)3)25-9-11-26(12-10-25)22(28)14-21(27)24-19-8-7-18(23)13-16(19)2/h4-8,13H,9-12,14H2,1-3H3,(H,24,27). The fraction of sp³-hybridized carbons (Fsp3) is 0.364. The summed E-state index contributed by atoms with van der Waals surface area (Å²) in [6.45, 7) is 8.90. The molecule has 1 aliphatic heterocycles. The summed E-state index contributed by atoms with van der Waals surface area (Å²) in [5, 5.41) is 3.42. The minimum absolute atomic E-state index is 0.135. The summed E-state index contributed by atoms with van der Waals surface area (Å²) in [5.41, 5.74) is 5.32. The van der Waals surface area contributed by atoms with Crippen molar-refractivity contribution in [3.05, 3.63) is 58.1 Å². The second kappa shape index (κ2) is 8.65. The van der Waals surface area contributed by atoms with Crippen molar-refractivity contribution in [2.45, 2.75) is 27.2 Å². The maximum absolute atomic E-state index is 12.5. The molecule has 148 valence electrons. The number of nitrogens with zero attached hydrogens (tertiary/aromatic N) is 2. The Morgan fingerprint density at radius 2 is 1.71 bits per heavy atom. The third kappa shape index (κ3) is 4.65. The average molecular weight is 400 g/mol. The highest BCUT2D eigenvalue weighted by atomic mass is 35.5. The summed E-state index contributed by atoms with van der Waals surface area (Å²) in [4.78, 5) is 28.9. The number of amides is 2. The van der Waals surface area contributed by atoms with Gasteiger partial charge in [0.25, 0.3) is 0 Å². The Morgan fingerprint density at radius 3 is 2.39 bits per heavy atom. The van der Waals surface area contributed by atoms with E-state index in [1.165, 1.54) is 16.8 Å². The topological polar surface area (TPSA) is 52.7 Å². The maximum atomic E-state index is 12.5. The van der Waals surface area contributed by atoms with Gasteiger partial charge in [-0.25, -0.2) is 0 Å². The van der Waals surface area contributed by atoms with Crippen LogP contribution in [-0.2, 0) is 9.59 Å². The van der Waals surface area contributed by atoms with Gasteiger partial charge in [0.05, 0.1) is 0 Å². The number of piperazine rings is 1. The van der Waals surface area contributed by atoms with Gasteiger partial charge in [-0.2, -0.15) is 0 Å². The van der Waals surface area contributed by atoms with Crippen LogP contribution in [0.2, 0.25) is 5.02 Å². The van der Waals surface area contributed by atoms with E-state index in [9.17, 15) is 9.59 Å². The molecule has 1 heterocycles. The predicted octanol–water partition coefficient (Wildman–Crippen LogP) is 3.94. The van der Waals surface area contributed by atoms with Crippen LogP contribution in [0.1, 0.15) is 23.1 Å². The molecule has 3 rings (SSSR count). The van der Waals surface area contributed by atoms with Gasteiger partial charge in [0, 0.05) is 42.6 Å². The van der Waals surface area contributed by atoms with Gasteiger partial charge in [-0.1, -0.05) is 23.7 Å². The summed E-state index contributed by atoms with van der Waals surface area (Å²) in [6, 6.07) is 11.6. The third-order valence-electron chi connectivity index (χ3n) is 5.32. The molecule has 2 amide bonds. The van der Waals surface area contributed by atoms with Crippen LogP contribution in [0.3, 0.4) is 0 Å². The molecule has 0 bridgehead atoms. The molecule has 0 aliphatic carbocycles. The van der Waals surface area contributed by atoms with Crippen LogP contribution in [0.4, 0.5) is 11.4 Å². The first-order valence-corrected chi connectivity index (χ1v) is 9.88. The fourth-order valence-corrected chi connectivity index (χ4v) is 3.71. The van der Waals surface area contributed by atoms with E-state index in [2.05, 4.69) is 42.3 Å². The molecule has 2 aromatic carbocycles. The Balaban J connectivity index is 1.53. The van der Waals surface area contributed by atoms with Gasteiger partial charge in [-0.15, -0.1) is 0 Å². The first kappa shape index (κ1) is 20.2. The van der Waals surface area contributed by atoms with Crippen LogP contribution in [-0.4, -0.2) is 42.9 Å². The van der Waals surface area contributed by atoms with Crippen molar-refractivity contribution in [2.24, 2.45) is 0 Å². The lowest BCUT2D eigenvalue weighted by Crippen LogP contribution is -2.49. The summed E-state index contributed by atoms with van der Waals surface area (Å²) < 4.78 is 0. The molecule has 1 saturated heterocycles. The van der Waals surface area contributed by atoms with Gasteiger partial charge in [-0.05, 0) is 61.7 Å². The zero-order valence-corrected chi connectivity index (χ0v) is 17.3. The van der Waals surface area contributed by atoms with E-state index >= 15 is 0 Å².